The predicted molar refractivity (Wildman–Crippen MR) is 135 cm³/mol. The average molecular weight is 456 g/mol. The Balaban J connectivity index is 1.59. The smallest absolute Gasteiger partial charge is 0.290 e. The van der Waals surface area contributed by atoms with Crippen LogP contribution in [0.25, 0.3) is 11.4 Å². The minimum absolute atomic E-state index is 0.305. The number of hydrogen-bond donors (Lipinski definition) is 1. The number of nitrogens with one attached hydrogen (secondary N) is 1. The van der Waals surface area contributed by atoms with Gasteiger partial charge < -0.3 is 15.0 Å². The number of aromatic nitrogens is 3. The topological polar surface area (TPSA) is 72.3 Å². The molecule has 34 heavy (non-hydrogen) atoms. The zero-order valence-electron chi connectivity index (χ0n) is 19.9. The van der Waals surface area contributed by atoms with Gasteiger partial charge in [0, 0.05) is 31.9 Å². The lowest BCUT2D eigenvalue weighted by atomic mass is 10.1. The summed E-state index contributed by atoms with van der Waals surface area (Å²) < 4.78 is 7.15. The van der Waals surface area contributed by atoms with Crippen LogP contribution < -0.4 is 15.0 Å². The van der Waals surface area contributed by atoms with Crippen LogP contribution in [0.4, 0.5) is 11.6 Å². The highest BCUT2D eigenvalue weighted by molar-refractivity contribution is 5.85. The summed E-state index contributed by atoms with van der Waals surface area (Å²) in [4.78, 5) is 20.0. The molecule has 1 atom stereocenters. The van der Waals surface area contributed by atoms with Crippen molar-refractivity contribution in [3.05, 3.63) is 90.0 Å². The van der Waals surface area contributed by atoms with Crippen molar-refractivity contribution in [2.24, 2.45) is 0 Å². The van der Waals surface area contributed by atoms with Crippen molar-refractivity contribution in [1.82, 2.24) is 14.8 Å². The largest absolute Gasteiger partial charge is 0.481 e. The third kappa shape index (κ3) is 5.43. The molecule has 1 aromatic heterocycles. The number of hydrogen-bond acceptors (Lipinski definition) is 6. The molecule has 4 rings (SSSR count). The van der Waals surface area contributed by atoms with Crippen LogP contribution in [0.2, 0.25) is 0 Å². The summed E-state index contributed by atoms with van der Waals surface area (Å²) in [5.41, 5.74) is 4.17. The maximum absolute atomic E-state index is 13.3. The lowest BCUT2D eigenvalue weighted by Crippen LogP contribution is -2.31. The van der Waals surface area contributed by atoms with Gasteiger partial charge in [0.05, 0.1) is 0 Å². The van der Waals surface area contributed by atoms with Crippen LogP contribution in [0.3, 0.4) is 0 Å². The summed E-state index contributed by atoms with van der Waals surface area (Å²) >= 11 is 0. The van der Waals surface area contributed by atoms with E-state index < -0.39 is 6.10 Å². The lowest BCUT2D eigenvalue weighted by Gasteiger charge is -2.15. The zero-order chi connectivity index (χ0) is 24.1. The van der Waals surface area contributed by atoms with Crippen molar-refractivity contribution in [3.63, 3.8) is 0 Å². The zero-order valence-corrected chi connectivity index (χ0v) is 19.9. The fraction of sp³-hybridized carbons (Fsp3) is 0.222. The molecule has 0 radical (unpaired) electrons. The molecule has 174 valence electrons. The van der Waals surface area contributed by atoms with Gasteiger partial charge in [-0.05, 0) is 43.7 Å². The Bertz CT molecular complexity index is 1230. The third-order valence-corrected chi connectivity index (χ3v) is 5.43. The molecule has 0 bridgehead atoms. The molecular weight excluding hydrogens is 426 g/mol. The first-order valence-electron chi connectivity index (χ1n) is 11.2. The molecule has 0 aliphatic carbocycles. The second-order valence-electron chi connectivity index (χ2n) is 8.36. The third-order valence-electron chi connectivity index (χ3n) is 5.43. The summed E-state index contributed by atoms with van der Waals surface area (Å²) in [6, 6.07) is 25.4. The lowest BCUT2D eigenvalue weighted by molar-refractivity contribution is 0.0713. The van der Waals surface area contributed by atoms with Gasteiger partial charge in [-0.25, -0.2) is 0 Å². The Hall–Kier alpha value is -4.13. The molecule has 1 unspecified atom stereocenters. The number of carbonyl (C=O) groups excluding carboxylic acids is 1. The van der Waals surface area contributed by atoms with E-state index in [9.17, 15) is 4.79 Å². The fourth-order valence-electron chi connectivity index (χ4n) is 3.42. The minimum atomic E-state index is -0.741. The summed E-state index contributed by atoms with van der Waals surface area (Å²) in [6.07, 6.45) is -0.741. The molecule has 0 saturated heterocycles. The van der Waals surface area contributed by atoms with E-state index in [4.69, 9.17) is 4.74 Å². The van der Waals surface area contributed by atoms with Gasteiger partial charge in [0.1, 0.15) is 5.75 Å². The van der Waals surface area contributed by atoms with Crippen LogP contribution in [0, 0.1) is 6.92 Å². The Kier molecular flexibility index (Phi) is 6.92. The highest BCUT2D eigenvalue weighted by Crippen LogP contribution is 2.21. The number of nitrogens with zero attached hydrogens (tertiary/aromatic N) is 4. The number of ether oxygens (including phenoxy) is 1. The van der Waals surface area contributed by atoms with Crippen molar-refractivity contribution in [2.75, 3.05) is 24.3 Å². The highest BCUT2D eigenvalue weighted by atomic mass is 16.5. The second-order valence-corrected chi connectivity index (χ2v) is 8.36. The van der Waals surface area contributed by atoms with Gasteiger partial charge in [-0.3, -0.25) is 4.79 Å². The van der Waals surface area contributed by atoms with Crippen molar-refractivity contribution in [1.29, 1.82) is 0 Å². The molecular formula is C27H29N5O2. The van der Waals surface area contributed by atoms with Crippen LogP contribution >= 0.6 is 0 Å². The van der Waals surface area contributed by atoms with Gasteiger partial charge in [0.2, 0.25) is 5.95 Å². The van der Waals surface area contributed by atoms with Crippen molar-refractivity contribution >= 4 is 17.5 Å². The first-order valence-corrected chi connectivity index (χ1v) is 11.2. The van der Waals surface area contributed by atoms with Gasteiger partial charge in [-0.2, -0.15) is 9.67 Å². The summed E-state index contributed by atoms with van der Waals surface area (Å²) in [5.74, 6) is 1.17. The summed E-state index contributed by atoms with van der Waals surface area (Å²) in [5, 5.41) is 7.81. The van der Waals surface area contributed by atoms with E-state index in [1.165, 1.54) is 4.68 Å². The molecule has 7 nitrogen and oxygen atoms in total. The molecule has 0 aliphatic rings. The van der Waals surface area contributed by atoms with Crippen LogP contribution in [0.1, 0.15) is 22.8 Å². The minimum Gasteiger partial charge on any atom is -0.481 e. The van der Waals surface area contributed by atoms with E-state index >= 15 is 0 Å². The Morgan fingerprint density at radius 2 is 1.68 bits per heavy atom. The molecule has 0 aliphatic heterocycles. The molecule has 0 spiro atoms. The number of carbonyl (C=O) groups is 1. The standard InChI is InChI=1S/C27H29N5O2/c1-19-10-14-22(15-11-19)25-29-27(28-18-21-12-16-23(17-13-21)31(3)4)32(30-25)26(33)20(2)34-24-8-6-5-7-9-24/h5-17,20H,18H2,1-4H3,(H,28,29,30). The predicted octanol–water partition coefficient (Wildman–Crippen LogP) is 5.04. The van der Waals surface area contributed by atoms with Crippen molar-refractivity contribution in [3.8, 4) is 17.1 Å². The number of para-hydroxylation sites is 1. The van der Waals surface area contributed by atoms with Crippen LogP contribution in [0.15, 0.2) is 78.9 Å². The fourth-order valence-corrected chi connectivity index (χ4v) is 3.42. The average Bonchev–Trinajstić information content (AvgIpc) is 3.27. The van der Waals surface area contributed by atoms with Crippen LogP contribution in [0.5, 0.6) is 5.75 Å². The van der Waals surface area contributed by atoms with E-state index in [0.717, 1.165) is 22.4 Å². The Morgan fingerprint density at radius 3 is 2.32 bits per heavy atom. The van der Waals surface area contributed by atoms with E-state index in [1.54, 1.807) is 6.92 Å². The van der Waals surface area contributed by atoms with Crippen molar-refractivity contribution < 1.29 is 9.53 Å². The van der Waals surface area contributed by atoms with Gasteiger partial charge in [0.15, 0.2) is 11.9 Å². The van der Waals surface area contributed by atoms with E-state index in [-0.39, 0.29) is 5.91 Å². The molecule has 0 fully saturated rings. The molecule has 0 saturated carbocycles. The van der Waals surface area contributed by atoms with Gasteiger partial charge in [0.25, 0.3) is 5.91 Å². The second kappa shape index (κ2) is 10.2. The molecule has 1 heterocycles. The van der Waals surface area contributed by atoms with Crippen molar-refractivity contribution in [2.45, 2.75) is 26.5 Å². The molecule has 1 N–H and O–H groups in total. The molecule has 4 aromatic rings. The normalized spacial score (nSPS) is 11.6. The monoisotopic (exact) mass is 455 g/mol. The van der Waals surface area contributed by atoms with E-state index in [0.29, 0.717) is 24.1 Å². The maximum Gasteiger partial charge on any atom is 0.290 e. The number of aryl methyl sites for hydroxylation is 1. The first kappa shape index (κ1) is 23.0. The first-order chi connectivity index (χ1) is 16.4. The number of benzene rings is 3. The van der Waals surface area contributed by atoms with E-state index in [2.05, 4.69) is 32.4 Å². The number of rotatable bonds is 8. The molecule has 7 heteroatoms. The quantitative estimate of drug-likeness (QED) is 0.401. The summed E-state index contributed by atoms with van der Waals surface area (Å²) in [7, 11) is 4.01. The van der Waals surface area contributed by atoms with Crippen LogP contribution in [-0.2, 0) is 6.54 Å². The van der Waals surface area contributed by atoms with Crippen LogP contribution in [-0.4, -0.2) is 40.9 Å². The summed E-state index contributed by atoms with van der Waals surface area (Å²) in [6.45, 7) is 4.24. The maximum atomic E-state index is 13.3. The molecule has 0 amide bonds. The van der Waals surface area contributed by atoms with E-state index in [1.807, 2.05) is 87.7 Å². The number of anilines is 2. The molecule has 3 aromatic carbocycles. The van der Waals surface area contributed by atoms with Gasteiger partial charge in [-0.15, -0.1) is 5.10 Å². The Labute approximate surface area is 200 Å². The van der Waals surface area contributed by atoms with Gasteiger partial charge >= 0.3 is 0 Å². The highest BCUT2D eigenvalue weighted by Gasteiger charge is 2.23. The Morgan fingerprint density at radius 1 is 1.00 bits per heavy atom. The van der Waals surface area contributed by atoms with Gasteiger partial charge in [-0.1, -0.05) is 60.2 Å². The SMILES string of the molecule is Cc1ccc(-c2nc(NCc3ccc(N(C)C)cc3)n(C(=O)C(C)Oc3ccccc3)n2)cc1.